The number of rotatable bonds is 3. The maximum absolute atomic E-state index is 12.0. The third kappa shape index (κ3) is 3.47. The van der Waals surface area contributed by atoms with Crippen molar-refractivity contribution >= 4 is 34.2 Å². The Morgan fingerprint density at radius 3 is 2.67 bits per heavy atom. The molecule has 1 amide bonds. The minimum absolute atomic E-state index is 0.0237. The van der Waals surface area contributed by atoms with Gasteiger partial charge in [0, 0.05) is 24.4 Å². The molecule has 5 heteroatoms. The Hall–Kier alpha value is -1.75. The number of thioether (sulfide) groups is 1. The summed E-state index contributed by atoms with van der Waals surface area (Å²) < 4.78 is 0. The van der Waals surface area contributed by atoms with Crippen molar-refractivity contribution in [1.29, 1.82) is 0 Å². The van der Waals surface area contributed by atoms with Crippen LogP contribution in [-0.2, 0) is 4.79 Å². The first-order chi connectivity index (χ1) is 9.90. The topological polar surface area (TPSA) is 44.7 Å². The van der Waals surface area contributed by atoms with E-state index in [1.165, 1.54) is 11.8 Å². The quantitative estimate of drug-likeness (QED) is 0.932. The second-order valence-corrected chi connectivity index (χ2v) is 6.65. The van der Waals surface area contributed by atoms with Gasteiger partial charge >= 0.3 is 0 Å². The van der Waals surface area contributed by atoms with Gasteiger partial charge in [0.05, 0.1) is 10.9 Å². The van der Waals surface area contributed by atoms with E-state index >= 15 is 0 Å². The van der Waals surface area contributed by atoms with E-state index in [2.05, 4.69) is 16.9 Å². The van der Waals surface area contributed by atoms with Crippen molar-refractivity contribution in [3.8, 4) is 0 Å². The normalized spacial score (nSPS) is 15.6. The molecule has 0 aliphatic carbocycles. The van der Waals surface area contributed by atoms with E-state index in [4.69, 9.17) is 0 Å². The molecule has 0 bridgehead atoms. The lowest BCUT2D eigenvalue weighted by Crippen LogP contribution is -2.37. The van der Waals surface area contributed by atoms with Crippen LogP contribution in [0.3, 0.4) is 0 Å². The molecule has 0 spiro atoms. The monoisotopic (exact) mass is 303 g/mol. The summed E-state index contributed by atoms with van der Waals surface area (Å²) in [6, 6.07) is 8.05. The molecule has 1 aromatic carbocycles. The number of carbonyl (C=O) groups is 1. The van der Waals surface area contributed by atoms with Gasteiger partial charge < -0.3 is 10.2 Å². The fourth-order valence-corrected chi connectivity index (χ4v) is 2.92. The second kappa shape index (κ2) is 6.35. The van der Waals surface area contributed by atoms with Crippen LogP contribution in [0, 0.1) is 0 Å². The SMILES string of the molecule is C=C1c2ccccc2N=C(S[C@@H](C)C(=O)NC(C)C)N1C. The standard InChI is InChI=1S/C16H21N3OS/c1-10(2)17-15(20)12(4)21-16-18-14-9-7-6-8-13(14)11(3)19(16)5/h6-10,12H,3H2,1-2,4-5H3,(H,17,20)/t12-/m0/s1. The lowest BCUT2D eigenvalue weighted by atomic mass is 10.1. The number of aliphatic imine (C=N–C) groups is 1. The summed E-state index contributed by atoms with van der Waals surface area (Å²) in [6.45, 7) is 9.92. The van der Waals surface area contributed by atoms with E-state index in [-0.39, 0.29) is 17.2 Å². The molecule has 0 saturated heterocycles. The molecule has 1 aromatic rings. The van der Waals surface area contributed by atoms with Crippen LogP contribution in [0.4, 0.5) is 5.69 Å². The molecule has 0 saturated carbocycles. The number of amides is 1. The van der Waals surface area contributed by atoms with Crippen molar-refractivity contribution in [3.63, 3.8) is 0 Å². The van der Waals surface area contributed by atoms with Gasteiger partial charge in [-0.2, -0.15) is 0 Å². The number of nitrogens with one attached hydrogen (secondary N) is 1. The maximum atomic E-state index is 12.0. The van der Waals surface area contributed by atoms with Crippen molar-refractivity contribution in [2.45, 2.75) is 32.1 Å². The summed E-state index contributed by atoms with van der Waals surface area (Å²) in [5.41, 5.74) is 2.84. The summed E-state index contributed by atoms with van der Waals surface area (Å²) >= 11 is 1.45. The van der Waals surface area contributed by atoms with E-state index in [1.54, 1.807) is 0 Å². The van der Waals surface area contributed by atoms with Crippen LogP contribution in [0.5, 0.6) is 0 Å². The van der Waals surface area contributed by atoms with Crippen LogP contribution >= 0.6 is 11.8 Å². The minimum Gasteiger partial charge on any atom is -0.353 e. The highest BCUT2D eigenvalue weighted by molar-refractivity contribution is 8.14. The molecule has 112 valence electrons. The summed E-state index contributed by atoms with van der Waals surface area (Å²) in [6.07, 6.45) is 0. The van der Waals surface area contributed by atoms with Crippen molar-refractivity contribution in [2.75, 3.05) is 7.05 Å². The molecule has 2 rings (SSSR count). The highest BCUT2D eigenvalue weighted by atomic mass is 32.2. The minimum atomic E-state index is -0.202. The fourth-order valence-electron chi connectivity index (χ4n) is 2.01. The Balaban J connectivity index is 2.19. The van der Waals surface area contributed by atoms with Crippen LogP contribution in [0.25, 0.3) is 5.70 Å². The summed E-state index contributed by atoms with van der Waals surface area (Å²) in [4.78, 5) is 18.6. The van der Waals surface area contributed by atoms with Crippen LogP contribution in [0.1, 0.15) is 26.3 Å². The van der Waals surface area contributed by atoms with Gasteiger partial charge in [-0.05, 0) is 26.8 Å². The fraction of sp³-hybridized carbons (Fsp3) is 0.375. The highest BCUT2D eigenvalue weighted by Gasteiger charge is 2.24. The molecule has 4 nitrogen and oxygen atoms in total. The van der Waals surface area contributed by atoms with Gasteiger partial charge in [-0.25, -0.2) is 4.99 Å². The van der Waals surface area contributed by atoms with E-state index in [0.717, 1.165) is 22.1 Å². The summed E-state index contributed by atoms with van der Waals surface area (Å²) in [7, 11) is 1.93. The molecule has 1 N–H and O–H groups in total. The van der Waals surface area contributed by atoms with Crippen LogP contribution in [-0.4, -0.2) is 34.3 Å². The number of fused-ring (bicyclic) bond motifs is 1. The molecule has 0 unspecified atom stereocenters. The van der Waals surface area contributed by atoms with E-state index in [0.29, 0.717) is 0 Å². The third-order valence-electron chi connectivity index (χ3n) is 3.21. The lowest BCUT2D eigenvalue weighted by molar-refractivity contribution is -0.120. The average molecular weight is 303 g/mol. The number of para-hydroxylation sites is 1. The largest absolute Gasteiger partial charge is 0.353 e. The molecule has 1 heterocycles. The van der Waals surface area contributed by atoms with Crippen molar-refractivity contribution in [1.82, 2.24) is 10.2 Å². The first kappa shape index (κ1) is 15.6. The molecular weight excluding hydrogens is 282 g/mol. The van der Waals surface area contributed by atoms with Gasteiger partial charge in [0.25, 0.3) is 0 Å². The Bertz CT molecular complexity index is 595. The lowest BCUT2D eigenvalue weighted by Gasteiger charge is -2.29. The Labute approximate surface area is 130 Å². The first-order valence-corrected chi connectivity index (χ1v) is 7.86. The first-order valence-electron chi connectivity index (χ1n) is 6.98. The zero-order valence-corrected chi connectivity index (χ0v) is 13.7. The van der Waals surface area contributed by atoms with Gasteiger partial charge in [-0.3, -0.25) is 4.79 Å². The molecule has 0 aromatic heterocycles. The molecular formula is C16H21N3OS. The molecule has 1 aliphatic heterocycles. The zero-order valence-electron chi connectivity index (χ0n) is 12.9. The summed E-state index contributed by atoms with van der Waals surface area (Å²) in [5.74, 6) is 0.0237. The van der Waals surface area contributed by atoms with Gasteiger partial charge in [-0.1, -0.05) is 36.5 Å². The number of hydrogen-bond donors (Lipinski definition) is 1. The predicted molar refractivity (Wildman–Crippen MR) is 90.7 cm³/mol. The van der Waals surface area contributed by atoms with Crippen LogP contribution < -0.4 is 5.32 Å². The number of nitrogens with zero attached hydrogens (tertiary/aromatic N) is 2. The number of amidine groups is 1. The molecule has 1 atom stereocenters. The van der Waals surface area contributed by atoms with E-state index < -0.39 is 0 Å². The smallest absolute Gasteiger partial charge is 0.233 e. The van der Waals surface area contributed by atoms with Crippen molar-refractivity contribution < 1.29 is 4.79 Å². The van der Waals surface area contributed by atoms with E-state index in [1.807, 2.05) is 57.0 Å². The molecule has 0 radical (unpaired) electrons. The summed E-state index contributed by atoms with van der Waals surface area (Å²) in [5, 5.41) is 3.52. The second-order valence-electron chi connectivity index (χ2n) is 5.34. The molecule has 1 aliphatic rings. The number of carbonyl (C=O) groups excluding carboxylic acids is 1. The van der Waals surface area contributed by atoms with Gasteiger partial charge in [0.2, 0.25) is 5.91 Å². The van der Waals surface area contributed by atoms with E-state index in [9.17, 15) is 4.79 Å². The van der Waals surface area contributed by atoms with Gasteiger partial charge in [-0.15, -0.1) is 0 Å². The van der Waals surface area contributed by atoms with Crippen LogP contribution in [0.15, 0.2) is 35.8 Å². The highest BCUT2D eigenvalue weighted by Crippen LogP contribution is 2.35. The molecule has 0 fully saturated rings. The third-order valence-corrected chi connectivity index (χ3v) is 4.35. The van der Waals surface area contributed by atoms with Gasteiger partial charge in [0.1, 0.15) is 0 Å². The zero-order chi connectivity index (χ0) is 15.6. The Morgan fingerprint density at radius 1 is 1.33 bits per heavy atom. The van der Waals surface area contributed by atoms with Crippen molar-refractivity contribution in [2.24, 2.45) is 4.99 Å². The average Bonchev–Trinajstić information content (AvgIpc) is 2.43. The Kier molecular flexibility index (Phi) is 4.73. The van der Waals surface area contributed by atoms with Gasteiger partial charge in [0.15, 0.2) is 5.17 Å². The van der Waals surface area contributed by atoms with Crippen molar-refractivity contribution in [3.05, 3.63) is 36.4 Å². The maximum Gasteiger partial charge on any atom is 0.233 e. The number of hydrogen-bond acceptors (Lipinski definition) is 4. The Morgan fingerprint density at radius 2 is 2.00 bits per heavy atom. The predicted octanol–water partition coefficient (Wildman–Crippen LogP) is 3.24. The van der Waals surface area contributed by atoms with Crippen LogP contribution in [0.2, 0.25) is 0 Å². The molecule has 21 heavy (non-hydrogen) atoms. The number of benzene rings is 1.